The molecule has 14 heavy (non-hydrogen) atoms. The van der Waals surface area contributed by atoms with Crippen molar-refractivity contribution in [2.24, 2.45) is 4.99 Å². The van der Waals surface area contributed by atoms with Crippen LogP contribution in [0.1, 0.15) is 20.8 Å². The number of hydrogen-bond acceptors (Lipinski definition) is 4. The van der Waals surface area contributed by atoms with Gasteiger partial charge in [0, 0.05) is 18.7 Å². The fourth-order valence-electron chi connectivity index (χ4n) is 1.02. The van der Waals surface area contributed by atoms with Crippen molar-refractivity contribution in [2.75, 3.05) is 6.54 Å². The van der Waals surface area contributed by atoms with E-state index < -0.39 is 0 Å². The number of hydrogen-bond donors (Lipinski definition) is 3. The third-order valence-electron chi connectivity index (χ3n) is 1.42. The van der Waals surface area contributed by atoms with Crippen LogP contribution in [0.15, 0.2) is 15.7 Å². The molecule has 0 saturated heterocycles. The largest absolute Gasteiger partial charge is 0.281 e. The standard InChI is InChI=1S/C8H16BrN5/c1-4-10-14-12-7(9)5-8(13-14)11-6(2)3/h5-6,10,12H,4H2,1-3H3,(H,11,13). The fourth-order valence-corrected chi connectivity index (χ4v) is 1.41. The van der Waals surface area contributed by atoms with Crippen molar-refractivity contribution in [3.63, 3.8) is 0 Å². The Bertz CT molecular complexity index is 248. The van der Waals surface area contributed by atoms with Crippen molar-refractivity contribution in [1.29, 1.82) is 0 Å². The Hall–Kier alpha value is -0.590. The minimum Gasteiger partial charge on any atom is -0.281 e. The molecule has 1 heterocycles. The van der Waals surface area contributed by atoms with E-state index >= 15 is 0 Å². The van der Waals surface area contributed by atoms with Gasteiger partial charge in [0.1, 0.15) is 5.84 Å². The maximum atomic E-state index is 4.40. The number of rotatable bonds is 3. The monoisotopic (exact) mass is 261 g/mol. The minimum atomic E-state index is 0.274. The number of nitrogens with zero attached hydrogens (tertiary/aromatic N) is 2. The van der Waals surface area contributed by atoms with Crippen molar-refractivity contribution in [2.45, 2.75) is 26.8 Å². The second-order valence-corrected chi connectivity index (χ2v) is 4.03. The quantitative estimate of drug-likeness (QED) is 0.661. The first-order valence-electron chi connectivity index (χ1n) is 4.63. The van der Waals surface area contributed by atoms with Gasteiger partial charge in [-0.1, -0.05) is 12.2 Å². The van der Waals surface area contributed by atoms with Crippen LogP contribution in [0.3, 0.4) is 0 Å². The lowest BCUT2D eigenvalue weighted by molar-refractivity contribution is 0.102. The smallest absolute Gasteiger partial charge is 0.140 e. The lowest BCUT2D eigenvalue weighted by Gasteiger charge is -2.28. The molecule has 0 amide bonds. The molecule has 0 fully saturated rings. The average molecular weight is 262 g/mol. The number of halogens is 1. The number of aliphatic imine (C=N–C) groups is 1. The Kier molecular flexibility index (Phi) is 4.37. The minimum absolute atomic E-state index is 0.274. The van der Waals surface area contributed by atoms with E-state index in [0.29, 0.717) is 0 Å². The number of amidine groups is 1. The van der Waals surface area contributed by atoms with E-state index in [-0.39, 0.29) is 6.04 Å². The maximum Gasteiger partial charge on any atom is 0.140 e. The van der Waals surface area contributed by atoms with Crippen LogP contribution < -0.4 is 16.3 Å². The molecule has 0 atom stereocenters. The average Bonchev–Trinajstić information content (AvgIpc) is 2.01. The topological polar surface area (TPSA) is 51.7 Å². The highest BCUT2D eigenvalue weighted by molar-refractivity contribution is 9.11. The second-order valence-electron chi connectivity index (χ2n) is 3.17. The van der Waals surface area contributed by atoms with Crippen LogP contribution in [0, 0.1) is 0 Å². The summed E-state index contributed by atoms with van der Waals surface area (Å²) in [5, 5.41) is 1.67. The molecule has 6 heteroatoms. The van der Waals surface area contributed by atoms with Crippen molar-refractivity contribution in [1.82, 2.24) is 21.5 Å². The normalized spacial score (nSPS) is 20.6. The zero-order valence-electron chi connectivity index (χ0n) is 8.63. The molecule has 0 bridgehead atoms. The number of hydrazine groups is 3. The summed E-state index contributed by atoms with van der Waals surface area (Å²) in [6.45, 7) is 6.93. The van der Waals surface area contributed by atoms with E-state index in [0.717, 1.165) is 17.0 Å². The van der Waals surface area contributed by atoms with E-state index in [2.05, 4.69) is 37.2 Å². The third kappa shape index (κ3) is 3.65. The first-order valence-corrected chi connectivity index (χ1v) is 5.43. The van der Waals surface area contributed by atoms with Crippen LogP contribution in [-0.4, -0.2) is 23.6 Å². The second kappa shape index (κ2) is 5.33. The van der Waals surface area contributed by atoms with E-state index in [9.17, 15) is 0 Å². The molecule has 0 aromatic rings. The summed E-state index contributed by atoms with van der Waals surface area (Å²) in [5.74, 6) is 0.826. The van der Waals surface area contributed by atoms with Gasteiger partial charge in [-0.05, 0) is 29.8 Å². The van der Waals surface area contributed by atoms with Gasteiger partial charge < -0.3 is 0 Å². The highest BCUT2D eigenvalue weighted by atomic mass is 79.9. The molecule has 0 aromatic heterocycles. The van der Waals surface area contributed by atoms with Gasteiger partial charge in [-0.2, -0.15) is 0 Å². The van der Waals surface area contributed by atoms with E-state index in [1.165, 1.54) is 0 Å². The Morgan fingerprint density at radius 2 is 2.29 bits per heavy atom. The summed E-state index contributed by atoms with van der Waals surface area (Å²) in [7, 11) is 0. The van der Waals surface area contributed by atoms with Gasteiger partial charge in [-0.15, -0.1) is 0 Å². The van der Waals surface area contributed by atoms with Crippen LogP contribution in [0.2, 0.25) is 0 Å². The predicted octanol–water partition coefficient (Wildman–Crippen LogP) is 0.879. The summed E-state index contributed by atoms with van der Waals surface area (Å²) in [4.78, 5) is 4.40. The third-order valence-corrected chi connectivity index (χ3v) is 1.83. The highest BCUT2D eigenvalue weighted by Crippen LogP contribution is 2.04. The Balaban J connectivity index is 2.66. The van der Waals surface area contributed by atoms with Crippen molar-refractivity contribution >= 4 is 21.8 Å². The van der Waals surface area contributed by atoms with Crippen molar-refractivity contribution in [3.05, 3.63) is 10.7 Å². The molecule has 0 aliphatic carbocycles. The molecule has 0 unspecified atom stereocenters. The van der Waals surface area contributed by atoms with E-state index in [1.54, 1.807) is 5.23 Å². The molecular formula is C8H16BrN5. The molecule has 1 aliphatic heterocycles. The fraction of sp³-hybridized carbons (Fsp3) is 0.625. The molecule has 3 N–H and O–H groups in total. The molecule has 1 rings (SSSR count). The van der Waals surface area contributed by atoms with Crippen molar-refractivity contribution < 1.29 is 0 Å². The molecule has 0 aromatic carbocycles. The Labute approximate surface area is 92.7 Å². The summed E-state index contributed by atoms with van der Waals surface area (Å²) in [6.07, 6.45) is 1.90. The molecule has 1 aliphatic rings. The summed E-state index contributed by atoms with van der Waals surface area (Å²) in [6, 6.07) is 0.274. The zero-order chi connectivity index (χ0) is 10.6. The van der Waals surface area contributed by atoms with Gasteiger partial charge in [-0.3, -0.25) is 15.8 Å². The Morgan fingerprint density at radius 3 is 2.86 bits per heavy atom. The highest BCUT2D eigenvalue weighted by Gasteiger charge is 2.12. The lowest BCUT2D eigenvalue weighted by Crippen LogP contribution is -2.59. The van der Waals surface area contributed by atoms with Gasteiger partial charge >= 0.3 is 0 Å². The summed E-state index contributed by atoms with van der Waals surface area (Å²) >= 11 is 3.38. The molecular weight excluding hydrogens is 246 g/mol. The lowest BCUT2D eigenvalue weighted by atomic mass is 10.4. The molecule has 0 saturated carbocycles. The molecule has 5 nitrogen and oxygen atoms in total. The van der Waals surface area contributed by atoms with Crippen molar-refractivity contribution in [3.8, 4) is 0 Å². The number of nitrogens with one attached hydrogen (secondary N) is 3. The van der Waals surface area contributed by atoms with Crippen LogP contribution >= 0.6 is 15.9 Å². The van der Waals surface area contributed by atoms with Gasteiger partial charge in [0.25, 0.3) is 0 Å². The van der Waals surface area contributed by atoms with Crippen LogP contribution in [0.4, 0.5) is 0 Å². The van der Waals surface area contributed by atoms with Gasteiger partial charge in [0.15, 0.2) is 0 Å². The predicted molar refractivity (Wildman–Crippen MR) is 61.4 cm³/mol. The van der Waals surface area contributed by atoms with Crippen LogP contribution in [-0.2, 0) is 0 Å². The summed E-state index contributed by atoms with van der Waals surface area (Å²) < 4.78 is 0.872. The van der Waals surface area contributed by atoms with Gasteiger partial charge in [0.05, 0.1) is 4.61 Å². The summed E-state index contributed by atoms with van der Waals surface area (Å²) in [5.41, 5.74) is 9.18. The maximum absolute atomic E-state index is 4.40. The SMILES string of the molecule is CCNN1NC(Br)=CC(=NC(C)C)N1. The van der Waals surface area contributed by atoms with Crippen LogP contribution in [0.25, 0.3) is 0 Å². The van der Waals surface area contributed by atoms with E-state index in [1.807, 2.05) is 26.8 Å². The molecule has 80 valence electrons. The zero-order valence-corrected chi connectivity index (χ0v) is 10.2. The molecule has 0 spiro atoms. The van der Waals surface area contributed by atoms with Crippen LogP contribution in [0.5, 0.6) is 0 Å². The Morgan fingerprint density at radius 1 is 1.57 bits per heavy atom. The molecule has 0 radical (unpaired) electrons. The van der Waals surface area contributed by atoms with Gasteiger partial charge in [0.2, 0.25) is 0 Å². The van der Waals surface area contributed by atoms with E-state index in [4.69, 9.17) is 0 Å². The van der Waals surface area contributed by atoms with Gasteiger partial charge in [-0.25, -0.2) is 5.43 Å². The first-order chi connectivity index (χ1) is 6.61. The first kappa shape index (κ1) is 11.5.